The number of nitrogens with zero attached hydrogens (tertiary/aromatic N) is 3. The van der Waals surface area contributed by atoms with E-state index < -0.39 is 0 Å². The van der Waals surface area contributed by atoms with Gasteiger partial charge in [0, 0.05) is 45.3 Å². The molecular weight excluding hydrogens is 288 g/mol. The highest BCUT2D eigenvalue weighted by atomic mass is 16.2. The number of carbonyl (C=O) groups is 1. The standard InChI is InChI=1S/C18H30N4O/c1-13(2)14-5-4-7-22(8-6-14)18(23)17-11-19-10-16(17)15-9-20-21(3)12-15/h9,12-14,16-17,19H,4-8,10-11H2,1-3H3/t14?,16-,17+/m1/s1. The first-order valence-electron chi connectivity index (χ1n) is 9.04. The van der Waals surface area contributed by atoms with E-state index in [0.717, 1.165) is 50.9 Å². The highest BCUT2D eigenvalue weighted by Crippen LogP contribution is 2.31. The molecule has 0 saturated carbocycles. The summed E-state index contributed by atoms with van der Waals surface area (Å²) in [5.74, 6) is 2.16. The number of hydrogen-bond donors (Lipinski definition) is 1. The maximum absolute atomic E-state index is 13.1. The average molecular weight is 318 g/mol. The molecule has 1 amide bonds. The van der Waals surface area contributed by atoms with E-state index in [4.69, 9.17) is 0 Å². The Bertz CT molecular complexity index is 539. The number of amides is 1. The van der Waals surface area contributed by atoms with Gasteiger partial charge >= 0.3 is 0 Å². The monoisotopic (exact) mass is 318 g/mol. The number of hydrogen-bond acceptors (Lipinski definition) is 3. The molecule has 2 fully saturated rings. The van der Waals surface area contributed by atoms with Gasteiger partial charge in [0.25, 0.3) is 0 Å². The fourth-order valence-electron chi connectivity index (χ4n) is 4.16. The third-order valence-corrected chi connectivity index (χ3v) is 5.71. The molecule has 2 aliphatic heterocycles. The molecule has 2 saturated heterocycles. The van der Waals surface area contributed by atoms with Crippen LogP contribution in [0.15, 0.2) is 12.4 Å². The van der Waals surface area contributed by atoms with Crippen LogP contribution in [0.1, 0.15) is 44.6 Å². The normalized spacial score (nSPS) is 29.0. The Morgan fingerprint density at radius 2 is 2.13 bits per heavy atom. The van der Waals surface area contributed by atoms with Crippen LogP contribution in [0.3, 0.4) is 0 Å². The van der Waals surface area contributed by atoms with Gasteiger partial charge in [0.2, 0.25) is 5.91 Å². The van der Waals surface area contributed by atoms with Crippen molar-refractivity contribution >= 4 is 5.91 Å². The van der Waals surface area contributed by atoms with Crippen molar-refractivity contribution in [1.29, 1.82) is 0 Å². The summed E-state index contributed by atoms with van der Waals surface area (Å²) in [4.78, 5) is 15.2. The molecule has 5 heteroatoms. The van der Waals surface area contributed by atoms with Crippen LogP contribution in [0.4, 0.5) is 0 Å². The highest BCUT2D eigenvalue weighted by Gasteiger charge is 2.37. The summed E-state index contributed by atoms with van der Waals surface area (Å²) in [6.07, 6.45) is 7.52. The second kappa shape index (κ2) is 7.04. The van der Waals surface area contributed by atoms with Gasteiger partial charge in [-0.25, -0.2) is 0 Å². The van der Waals surface area contributed by atoms with E-state index in [2.05, 4.69) is 35.4 Å². The molecule has 5 nitrogen and oxygen atoms in total. The fraction of sp³-hybridized carbons (Fsp3) is 0.778. The largest absolute Gasteiger partial charge is 0.342 e. The summed E-state index contributed by atoms with van der Waals surface area (Å²) >= 11 is 0. The van der Waals surface area contributed by atoms with Crippen molar-refractivity contribution in [2.45, 2.75) is 39.0 Å². The molecule has 0 aliphatic carbocycles. The predicted octanol–water partition coefficient (Wildman–Crippen LogP) is 2.01. The fourth-order valence-corrected chi connectivity index (χ4v) is 4.16. The lowest BCUT2D eigenvalue weighted by Gasteiger charge is -2.27. The van der Waals surface area contributed by atoms with Crippen LogP contribution < -0.4 is 5.32 Å². The Kier molecular flexibility index (Phi) is 5.05. The van der Waals surface area contributed by atoms with Crippen LogP contribution in [0.25, 0.3) is 0 Å². The molecule has 23 heavy (non-hydrogen) atoms. The molecule has 1 N–H and O–H groups in total. The van der Waals surface area contributed by atoms with Crippen LogP contribution in [0.5, 0.6) is 0 Å². The number of likely N-dealkylation sites (tertiary alicyclic amines) is 1. The van der Waals surface area contributed by atoms with Crippen molar-refractivity contribution < 1.29 is 4.79 Å². The molecule has 0 spiro atoms. The maximum Gasteiger partial charge on any atom is 0.227 e. The first kappa shape index (κ1) is 16.5. The maximum atomic E-state index is 13.1. The SMILES string of the molecule is CC(C)C1CCCN(C(=O)[C@H]2CNC[C@@H]2c2cnn(C)c2)CC1. The van der Waals surface area contributed by atoms with Crippen LogP contribution in [0.2, 0.25) is 0 Å². The zero-order valence-corrected chi connectivity index (χ0v) is 14.7. The molecule has 1 aromatic rings. The molecule has 1 unspecified atom stereocenters. The Morgan fingerprint density at radius 3 is 2.83 bits per heavy atom. The van der Waals surface area contributed by atoms with Gasteiger partial charge in [-0.3, -0.25) is 9.48 Å². The highest BCUT2D eigenvalue weighted by molar-refractivity contribution is 5.80. The number of nitrogens with one attached hydrogen (secondary N) is 1. The van der Waals surface area contributed by atoms with Crippen LogP contribution in [0, 0.1) is 17.8 Å². The summed E-state index contributed by atoms with van der Waals surface area (Å²) in [6.45, 7) is 8.15. The number of rotatable bonds is 3. The minimum atomic E-state index is 0.0646. The second-order valence-corrected chi connectivity index (χ2v) is 7.58. The Morgan fingerprint density at radius 1 is 1.30 bits per heavy atom. The number of carbonyl (C=O) groups excluding carboxylic acids is 1. The van der Waals surface area contributed by atoms with E-state index in [1.807, 2.05) is 17.9 Å². The van der Waals surface area contributed by atoms with Gasteiger partial charge < -0.3 is 10.2 Å². The van der Waals surface area contributed by atoms with Crippen LogP contribution in [-0.4, -0.2) is 46.8 Å². The topological polar surface area (TPSA) is 50.2 Å². The minimum Gasteiger partial charge on any atom is -0.342 e. The zero-order chi connectivity index (χ0) is 16.4. The lowest BCUT2D eigenvalue weighted by atomic mass is 9.89. The Hall–Kier alpha value is -1.36. The minimum absolute atomic E-state index is 0.0646. The van der Waals surface area contributed by atoms with Crippen LogP contribution in [-0.2, 0) is 11.8 Å². The van der Waals surface area contributed by atoms with Crippen molar-refractivity contribution in [3.63, 3.8) is 0 Å². The van der Waals surface area contributed by atoms with Gasteiger partial charge in [0.15, 0.2) is 0 Å². The third kappa shape index (κ3) is 3.60. The molecule has 3 atom stereocenters. The van der Waals surface area contributed by atoms with Gasteiger partial charge in [0.05, 0.1) is 12.1 Å². The summed E-state index contributed by atoms with van der Waals surface area (Å²) in [5, 5.41) is 7.68. The molecule has 0 bridgehead atoms. The van der Waals surface area contributed by atoms with E-state index in [-0.39, 0.29) is 11.8 Å². The molecule has 3 rings (SSSR count). The van der Waals surface area contributed by atoms with Gasteiger partial charge in [-0.1, -0.05) is 13.8 Å². The van der Waals surface area contributed by atoms with E-state index in [9.17, 15) is 4.79 Å². The summed E-state index contributed by atoms with van der Waals surface area (Å²) < 4.78 is 1.83. The Balaban J connectivity index is 1.67. The van der Waals surface area contributed by atoms with E-state index in [1.165, 1.54) is 12.0 Å². The van der Waals surface area contributed by atoms with E-state index in [0.29, 0.717) is 5.91 Å². The zero-order valence-electron chi connectivity index (χ0n) is 14.7. The predicted molar refractivity (Wildman–Crippen MR) is 91.1 cm³/mol. The summed E-state index contributed by atoms with van der Waals surface area (Å²) in [7, 11) is 1.93. The smallest absolute Gasteiger partial charge is 0.227 e. The van der Waals surface area contributed by atoms with Gasteiger partial charge in [0.1, 0.15) is 0 Å². The molecule has 0 aromatic carbocycles. The van der Waals surface area contributed by atoms with Gasteiger partial charge in [-0.15, -0.1) is 0 Å². The number of aryl methyl sites for hydroxylation is 1. The number of aromatic nitrogens is 2. The van der Waals surface area contributed by atoms with Gasteiger partial charge in [-0.05, 0) is 36.7 Å². The van der Waals surface area contributed by atoms with Crippen molar-refractivity contribution in [3.8, 4) is 0 Å². The molecule has 128 valence electrons. The average Bonchev–Trinajstić information content (AvgIpc) is 3.08. The lowest BCUT2D eigenvalue weighted by Crippen LogP contribution is -2.39. The van der Waals surface area contributed by atoms with E-state index >= 15 is 0 Å². The molecular formula is C18H30N4O. The second-order valence-electron chi connectivity index (χ2n) is 7.58. The van der Waals surface area contributed by atoms with Crippen LogP contribution >= 0.6 is 0 Å². The first-order chi connectivity index (χ1) is 11.1. The first-order valence-corrected chi connectivity index (χ1v) is 9.04. The van der Waals surface area contributed by atoms with Crippen molar-refractivity contribution in [3.05, 3.63) is 18.0 Å². The van der Waals surface area contributed by atoms with Crippen molar-refractivity contribution in [2.75, 3.05) is 26.2 Å². The third-order valence-electron chi connectivity index (χ3n) is 5.71. The summed E-state index contributed by atoms with van der Waals surface area (Å²) in [5.41, 5.74) is 1.19. The molecule has 3 heterocycles. The quantitative estimate of drug-likeness (QED) is 0.927. The van der Waals surface area contributed by atoms with E-state index in [1.54, 1.807) is 0 Å². The van der Waals surface area contributed by atoms with Crippen molar-refractivity contribution in [1.82, 2.24) is 20.0 Å². The van der Waals surface area contributed by atoms with Crippen molar-refractivity contribution in [2.24, 2.45) is 24.8 Å². The molecule has 0 radical (unpaired) electrons. The molecule has 1 aromatic heterocycles. The molecule has 2 aliphatic rings. The van der Waals surface area contributed by atoms with Gasteiger partial charge in [-0.2, -0.15) is 5.10 Å². The lowest BCUT2D eigenvalue weighted by molar-refractivity contribution is -0.135. The summed E-state index contributed by atoms with van der Waals surface area (Å²) in [6, 6.07) is 0. The Labute approximate surface area is 139 Å².